The van der Waals surface area contributed by atoms with E-state index < -0.39 is 5.82 Å². The number of halogens is 2. The molecule has 11 heteroatoms. The molecule has 2 aromatic carbocycles. The summed E-state index contributed by atoms with van der Waals surface area (Å²) in [4.78, 5) is 0. The number of fused-ring (bicyclic) bond motifs is 1. The Morgan fingerprint density at radius 3 is 2.58 bits per heavy atom. The van der Waals surface area contributed by atoms with E-state index in [-0.39, 0.29) is 29.4 Å². The third kappa shape index (κ3) is 4.08. The maximum atomic E-state index is 14.2. The van der Waals surface area contributed by atoms with Gasteiger partial charge in [0.15, 0.2) is 18.1 Å². The Labute approximate surface area is 177 Å². The summed E-state index contributed by atoms with van der Waals surface area (Å²) in [7, 11) is 0. The Bertz CT molecular complexity index is 1360. The molecule has 0 aliphatic rings. The molecular formula is C20H12F2N6O2S. The highest BCUT2D eigenvalue weighted by Gasteiger charge is 2.15. The van der Waals surface area contributed by atoms with Crippen LogP contribution < -0.4 is 4.74 Å². The summed E-state index contributed by atoms with van der Waals surface area (Å²) in [6, 6.07) is 15.3. The van der Waals surface area contributed by atoms with Gasteiger partial charge in [-0.05, 0) is 60.3 Å². The lowest BCUT2D eigenvalue weighted by Gasteiger charge is -2.02. The molecule has 3 aromatic heterocycles. The number of ether oxygens (including phenoxy) is 1. The molecule has 154 valence electrons. The molecule has 0 aliphatic heterocycles. The molecule has 0 unspecified atom stereocenters. The van der Waals surface area contributed by atoms with Gasteiger partial charge < -0.3 is 9.15 Å². The van der Waals surface area contributed by atoms with Crippen molar-refractivity contribution in [3.8, 4) is 17.1 Å². The molecule has 8 nitrogen and oxygen atoms in total. The van der Waals surface area contributed by atoms with E-state index in [2.05, 4.69) is 25.5 Å². The zero-order valence-corrected chi connectivity index (χ0v) is 16.5. The van der Waals surface area contributed by atoms with Gasteiger partial charge in [0.05, 0.1) is 5.56 Å². The zero-order chi connectivity index (χ0) is 21.2. The quantitative estimate of drug-likeness (QED) is 0.390. The normalized spacial score (nSPS) is 11.2. The van der Waals surface area contributed by atoms with E-state index in [1.165, 1.54) is 34.8 Å². The van der Waals surface area contributed by atoms with Gasteiger partial charge in [0.25, 0.3) is 11.1 Å². The number of hydrogen-bond acceptors (Lipinski definition) is 8. The van der Waals surface area contributed by atoms with Crippen molar-refractivity contribution in [3.63, 3.8) is 0 Å². The van der Waals surface area contributed by atoms with Crippen LogP contribution in [0.25, 0.3) is 17.0 Å². The van der Waals surface area contributed by atoms with Crippen LogP contribution in [0.5, 0.6) is 5.75 Å². The first-order valence-corrected chi connectivity index (χ1v) is 9.83. The summed E-state index contributed by atoms with van der Waals surface area (Å²) >= 11 is 1.13. The standard InChI is InChI=1S/C20H12F2N6O2S/c21-12-5-7-13(8-6-12)29-11-17-24-26-20(30-17)31-18-10-9-16-23-25-19(28(16)27-18)14-3-1-2-4-15(14)22/h1-10H,11H2. The molecule has 3 heterocycles. The van der Waals surface area contributed by atoms with Gasteiger partial charge in [-0.2, -0.15) is 9.61 Å². The molecule has 0 radical (unpaired) electrons. The van der Waals surface area contributed by atoms with Gasteiger partial charge in [0.2, 0.25) is 0 Å². The van der Waals surface area contributed by atoms with E-state index in [1.807, 2.05) is 0 Å². The van der Waals surface area contributed by atoms with Crippen LogP contribution in [-0.4, -0.2) is 30.0 Å². The molecule has 0 atom stereocenters. The van der Waals surface area contributed by atoms with Crippen LogP contribution in [0.2, 0.25) is 0 Å². The van der Waals surface area contributed by atoms with Crippen LogP contribution in [0.4, 0.5) is 8.78 Å². The number of rotatable bonds is 6. The van der Waals surface area contributed by atoms with Crippen LogP contribution >= 0.6 is 11.8 Å². The Morgan fingerprint density at radius 1 is 0.903 bits per heavy atom. The molecule has 0 N–H and O–H groups in total. The van der Waals surface area contributed by atoms with E-state index in [1.54, 1.807) is 30.3 Å². The molecule has 0 saturated heterocycles. The first-order chi connectivity index (χ1) is 15.2. The molecule has 0 saturated carbocycles. The van der Waals surface area contributed by atoms with E-state index in [4.69, 9.17) is 9.15 Å². The van der Waals surface area contributed by atoms with Crippen molar-refractivity contribution in [1.29, 1.82) is 0 Å². The summed E-state index contributed by atoms with van der Waals surface area (Å²) < 4.78 is 39.6. The SMILES string of the molecule is Fc1ccc(OCc2nnc(Sc3ccc4nnc(-c5ccccc5F)n4n3)o2)cc1. The van der Waals surface area contributed by atoms with Crippen molar-refractivity contribution in [2.24, 2.45) is 0 Å². The van der Waals surface area contributed by atoms with Crippen molar-refractivity contribution in [2.45, 2.75) is 16.9 Å². The van der Waals surface area contributed by atoms with E-state index in [0.29, 0.717) is 22.0 Å². The highest BCUT2D eigenvalue weighted by atomic mass is 32.2. The fourth-order valence-corrected chi connectivity index (χ4v) is 3.40. The second kappa shape index (κ2) is 8.11. The Hall–Kier alpha value is -3.86. The lowest BCUT2D eigenvalue weighted by Crippen LogP contribution is -1.97. The van der Waals surface area contributed by atoms with Gasteiger partial charge in [-0.3, -0.25) is 0 Å². The van der Waals surface area contributed by atoms with Crippen molar-refractivity contribution >= 4 is 17.4 Å². The van der Waals surface area contributed by atoms with Gasteiger partial charge in [0, 0.05) is 0 Å². The van der Waals surface area contributed by atoms with Crippen LogP contribution in [0.15, 0.2) is 75.3 Å². The molecule has 5 aromatic rings. The first-order valence-electron chi connectivity index (χ1n) is 9.02. The maximum absolute atomic E-state index is 14.2. The minimum atomic E-state index is -0.417. The van der Waals surface area contributed by atoms with Gasteiger partial charge in [0.1, 0.15) is 22.4 Å². The highest BCUT2D eigenvalue weighted by Crippen LogP contribution is 2.27. The number of hydrogen-bond donors (Lipinski definition) is 0. The molecule has 0 fully saturated rings. The zero-order valence-electron chi connectivity index (χ0n) is 15.6. The number of aromatic nitrogens is 6. The number of nitrogens with zero attached hydrogens (tertiary/aromatic N) is 6. The van der Waals surface area contributed by atoms with Gasteiger partial charge in [-0.15, -0.1) is 20.4 Å². The summed E-state index contributed by atoms with van der Waals surface area (Å²) in [5.74, 6) is 0.256. The minimum Gasteiger partial charge on any atom is -0.484 e. The maximum Gasteiger partial charge on any atom is 0.283 e. The fourth-order valence-electron chi connectivity index (χ4n) is 2.74. The molecular weight excluding hydrogens is 426 g/mol. The largest absolute Gasteiger partial charge is 0.484 e. The second-order valence-corrected chi connectivity index (χ2v) is 7.22. The summed E-state index contributed by atoms with van der Waals surface area (Å²) in [5, 5.41) is 21.2. The van der Waals surface area contributed by atoms with Crippen molar-refractivity contribution in [2.75, 3.05) is 0 Å². The monoisotopic (exact) mass is 438 g/mol. The predicted molar refractivity (Wildman–Crippen MR) is 105 cm³/mol. The molecule has 0 aliphatic carbocycles. The molecule has 31 heavy (non-hydrogen) atoms. The third-order valence-electron chi connectivity index (χ3n) is 4.17. The third-order valence-corrected chi connectivity index (χ3v) is 4.94. The minimum absolute atomic E-state index is 0.0362. The Balaban J connectivity index is 1.33. The van der Waals surface area contributed by atoms with Gasteiger partial charge >= 0.3 is 0 Å². The number of benzene rings is 2. The van der Waals surface area contributed by atoms with Crippen LogP contribution in [0.1, 0.15) is 5.89 Å². The van der Waals surface area contributed by atoms with Crippen LogP contribution in [0, 0.1) is 11.6 Å². The van der Waals surface area contributed by atoms with Crippen molar-refractivity contribution < 1.29 is 17.9 Å². The topological polar surface area (TPSA) is 91.2 Å². The predicted octanol–water partition coefficient (Wildman–Crippen LogP) is 4.18. The van der Waals surface area contributed by atoms with E-state index >= 15 is 0 Å². The average Bonchev–Trinajstić information content (AvgIpc) is 3.40. The van der Waals surface area contributed by atoms with Crippen LogP contribution in [-0.2, 0) is 6.61 Å². The lowest BCUT2D eigenvalue weighted by atomic mass is 10.2. The van der Waals surface area contributed by atoms with Crippen LogP contribution in [0.3, 0.4) is 0 Å². The Kier molecular flexibility index (Phi) is 5.00. The first kappa shape index (κ1) is 19.1. The van der Waals surface area contributed by atoms with E-state index in [0.717, 1.165) is 11.8 Å². The lowest BCUT2D eigenvalue weighted by molar-refractivity contribution is 0.252. The molecule has 0 spiro atoms. The Morgan fingerprint density at radius 2 is 1.74 bits per heavy atom. The molecule has 5 rings (SSSR count). The smallest absolute Gasteiger partial charge is 0.283 e. The highest BCUT2D eigenvalue weighted by molar-refractivity contribution is 7.99. The van der Waals surface area contributed by atoms with E-state index in [9.17, 15) is 8.78 Å². The second-order valence-electron chi connectivity index (χ2n) is 6.25. The molecule has 0 amide bonds. The summed E-state index contributed by atoms with van der Waals surface area (Å²) in [5.41, 5.74) is 0.768. The van der Waals surface area contributed by atoms with Gasteiger partial charge in [-0.25, -0.2) is 8.78 Å². The summed E-state index contributed by atoms with van der Waals surface area (Å²) in [6.45, 7) is 0.0362. The van der Waals surface area contributed by atoms with Crippen molar-refractivity contribution in [3.05, 3.63) is 78.2 Å². The van der Waals surface area contributed by atoms with Gasteiger partial charge in [-0.1, -0.05) is 12.1 Å². The summed E-state index contributed by atoms with van der Waals surface area (Å²) in [6.07, 6.45) is 0. The van der Waals surface area contributed by atoms with Crippen molar-refractivity contribution in [1.82, 2.24) is 30.0 Å². The average molecular weight is 438 g/mol. The fraction of sp³-hybridized carbons (Fsp3) is 0.0500. The molecule has 0 bridgehead atoms.